The van der Waals surface area contributed by atoms with E-state index in [-0.39, 0.29) is 0 Å². The highest BCUT2D eigenvalue weighted by Gasteiger charge is 2.27. The van der Waals surface area contributed by atoms with Crippen molar-refractivity contribution >= 4 is 124 Å². The molecular formula is C76H70N4Si4. The molecule has 84 heavy (non-hydrogen) atoms. The van der Waals surface area contributed by atoms with Gasteiger partial charge in [-0.3, -0.25) is 0 Å². The topological polar surface area (TPSA) is 38.0 Å². The van der Waals surface area contributed by atoms with E-state index < -0.39 is 32.3 Å². The second kappa shape index (κ2) is 20.0. The summed E-state index contributed by atoms with van der Waals surface area (Å²) >= 11 is 0. The van der Waals surface area contributed by atoms with Crippen LogP contribution in [0.4, 0.5) is 5.69 Å². The molecule has 0 saturated carbocycles. The number of nitriles is 1. The summed E-state index contributed by atoms with van der Waals surface area (Å²) in [5, 5.41) is 25.5. The molecule has 0 radical (unpaired) electrons. The van der Waals surface area contributed by atoms with Gasteiger partial charge in [0.25, 0.3) is 0 Å². The first-order valence-electron chi connectivity index (χ1n) is 29.5. The fraction of sp³-hybridized carbons (Fsp3) is 0.158. The van der Waals surface area contributed by atoms with Crippen molar-refractivity contribution in [3.05, 3.63) is 223 Å². The fourth-order valence-electron chi connectivity index (χ4n) is 12.7. The number of hydrogen-bond acceptors (Lipinski definition) is 1. The number of benzene rings is 11. The Hall–Kier alpha value is -8.61. The molecule has 0 aliphatic heterocycles. The Morgan fingerprint density at radius 3 is 0.881 bits per heavy atom. The van der Waals surface area contributed by atoms with Crippen LogP contribution < -0.4 is 20.7 Å². The summed E-state index contributed by atoms with van der Waals surface area (Å²) in [5.41, 5.74) is 17.4. The van der Waals surface area contributed by atoms with Gasteiger partial charge in [0, 0.05) is 32.9 Å². The minimum absolute atomic E-state index is 0.636. The number of nitrogens with zero attached hydrogens (tertiary/aromatic N) is 4. The Labute approximate surface area is 498 Å². The SMILES string of the molecule is [C-]#[N+]c1ccc(-c2ccc(-c3c4ccc(-n5c6ccc([Si](C)(C)C)cc6c6cc([Si](C)(C)C)ccc65)cc4c(-c4ccc(-c5ccc(C#N)cc5)cc4)c4ccc(-n5c6ccc([Si](C)(C)C)cc6c6cc([Si](C)(C)C)ccc65)cc34)cc2)cc1. The molecule has 0 aliphatic rings. The largest absolute Gasteiger partial charge is 0.309 e. The average Bonchev–Trinajstić information content (AvgIpc) is 1.84. The molecule has 0 fully saturated rings. The van der Waals surface area contributed by atoms with E-state index in [2.05, 4.69) is 268 Å². The maximum absolute atomic E-state index is 9.65. The minimum atomic E-state index is -1.65. The Kier molecular flexibility index (Phi) is 13.0. The average molecular weight is 1150 g/mol. The molecule has 13 aromatic rings. The molecule has 0 unspecified atom stereocenters. The molecule has 0 N–H and O–H groups in total. The van der Waals surface area contributed by atoms with Crippen LogP contribution in [0.1, 0.15) is 5.56 Å². The van der Waals surface area contributed by atoms with Gasteiger partial charge in [-0.05, 0) is 127 Å². The number of aromatic nitrogens is 2. The van der Waals surface area contributed by atoms with Gasteiger partial charge < -0.3 is 9.13 Å². The zero-order valence-electron chi connectivity index (χ0n) is 50.4. The summed E-state index contributed by atoms with van der Waals surface area (Å²) in [7, 11) is -6.61. The smallest absolute Gasteiger partial charge is 0.187 e. The van der Waals surface area contributed by atoms with Crippen molar-refractivity contribution in [1.29, 1.82) is 5.26 Å². The Balaban J connectivity index is 1.13. The van der Waals surface area contributed by atoms with Crippen LogP contribution in [0.25, 0.3) is 126 Å². The highest BCUT2D eigenvalue weighted by atomic mass is 28.3. The third-order valence-corrected chi connectivity index (χ3v) is 25.8. The number of fused-ring (bicyclic) bond motifs is 8. The van der Waals surface area contributed by atoms with E-state index in [4.69, 9.17) is 6.57 Å². The van der Waals surface area contributed by atoms with Gasteiger partial charge in [0.15, 0.2) is 5.69 Å². The Bertz CT molecular complexity index is 4450. The first kappa shape index (κ1) is 54.6. The van der Waals surface area contributed by atoms with Crippen molar-refractivity contribution in [2.24, 2.45) is 0 Å². The summed E-state index contributed by atoms with van der Waals surface area (Å²) in [6.45, 7) is 37.0. The molecule has 410 valence electrons. The van der Waals surface area contributed by atoms with E-state index in [1.54, 1.807) is 0 Å². The van der Waals surface area contributed by atoms with Crippen LogP contribution in [0.2, 0.25) is 78.6 Å². The van der Waals surface area contributed by atoms with Crippen LogP contribution in [0.5, 0.6) is 0 Å². The second-order valence-electron chi connectivity index (χ2n) is 27.3. The molecule has 13 rings (SSSR count). The van der Waals surface area contributed by atoms with E-state index >= 15 is 0 Å². The Morgan fingerprint density at radius 1 is 0.310 bits per heavy atom. The monoisotopic (exact) mass is 1150 g/mol. The normalized spacial score (nSPS) is 12.5. The fourth-order valence-corrected chi connectivity index (χ4v) is 17.3. The van der Waals surface area contributed by atoms with Crippen LogP contribution in [-0.4, -0.2) is 41.4 Å². The predicted molar refractivity (Wildman–Crippen MR) is 375 cm³/mol. The first-order chi connectivity index (χ1) is 40.0. The molecule has 8 heteroatoms. The molecule has 2 heterocycles. The van der Waals surface area contributed by atoms with Gasteiger partial charge in [-0.25, -0.2) is 4.85 Å². The van der Waals surface area contributed by atoms with Gasteiger partial charge >= 0.3 is 0 Å². The van der Waals surface area contributed by atoms with E-state index in [0.29, 0.717) is 11.3 Å². The molecule has 0 atom stereocenters. The molecule has 0 bridgehead atoms. The van der Waals surface area contributed by atoms with Crippen LogP contribution >= 0.6 is 0 Å². The minimum Gasteiger partial charge on any atom is -0.309 e. The van der Waals surface area contributed by atoms with Crippen LogP contribution in [0.3, 0.4) is 0 Å². The van der Waals surface area contributed by atoms with Crippen LogP contribution in [0, 0.1) is 17.9 Å². The highest BCUT2D eigenvalue weighted by Crippen LogP contribution is 2.47. The lowest BCUT2D eigenvalue weighted by molar-refractivity contribution is 1.18. The Morgan fingerprint density at radius 2 is 0.595 bits per heavy atom. The van der Waals surface area contributed by atoms with E-state index in [1.165, 1.54) is 97.0 Å². The lowest BCUT2D eigenvalue weighted by Crippen LogP contribution is -2.37. The van der Waals surface area contributed by atoms with Crippen LogP contribution in [0.15, 0.2) is 206 Å². The third kappa shape index (κ3) is 9.48. The number of rotatable bonds is 10. The molecule has 0 amide bonds. The molecule has 0 saturated heterocycles. The van der Waals surface area contributed by atoms with Gasteiger partial charge in [-0.1, -0.05) is 245 Å². The van der Waals surface area contributed by atoms with Crippen molar-refractivity contribution in [1.82, 2.24) is 9.13 Å². The summed E-state index contributed by atoms with van der Waals surface area (Å²) in [4.78, 5) is 3.67. The second-order valence-corrected chi connectivity index (χ2v) is 47.6. The zero-order chi connectivity index (χ0) is 58.8. The summed E-state index contributed by atoms with van der Waals surface area (Å²) in [6, 6.07) is 79.9. The maximum atomic E-state index is 9.65. The third-order valence-electron chi connectivity index (χ3n) is 17.6. The zero-order valence-corrected chi connectivity index (χ0v) is 54.4. The van der Waals surface area contributed by atoms with Gasteiger partial charge in [-0.2, -0.15) is 5.26 Å². The quantitative estimate of drug-likeness (QED) is 0.0764. The van der Waals surface area contributed by atoms with E-state index in [0.717, 1.165) is 44.8 Å². The molecule has 11 aromatic carbocycles. The first-order valence-corrected chi connectivity index (χ1v) is 43.5. The highest BCUT2D eigenvalue weighted by molar-refractivity contribution is 6.90. The standard InChI is InChI=1S/C76H70N4Si4/c1-78-56-28-26-53(27-29-56)52-20-24-55(25-21-52)76-64-37-31-57(79-71-38-32-59(81(2,3)4)44-65(71)66-45-60(82(5,6)7)33-39-72(66)79)42-69(64)75(54-22-18-51(19-23-54)50-16-14-49(48-77)15-17-50)63-36-30-58(43-70(63)76)80-73-40-34-61(83(8,9)10)46-67(73)68-47-62(84(11,12)13)35-41-74(68)80/h14-47H,2-13H3. The summed E-state index contributed by atoms with van der Waals surface area (Å²) < 4.78 is 5.04. The molecule has 4 nitrogen and oxygen atoms in total. The van der Waals surface area contributed by atoms with Crippen molar-refractivity contribution in [3.8, 4) is 62.0 Å². The van der Waals surface area contributed by atoms with Gasteiger partial charge in [0.05, 0.1) is 72.6 Å². The lowest BCUT2D eigenvalue weighted by Gasteiger charge is -2.21. The van der Waals surface area contributed by atoms with Gasteiger partial charge in [0.1, 0.15) is 0 Å². The van der Waals surface area contributed by atoms with Crippen molar-refractivity contribution in [2.45, 2.75) is 78.6 Å². The van der Waals surface area contributed by atoms with Crippen molar-refractivity contribution in [3.63, 3.8) is 0 Å². The predicted octanol–water partition coefficient (Wildman–Crippen LogP) is 19.5. The van der Waals surface area contributed by atoms with Crippen molar-refractivity contribution < 1.29 is 0 Å². The van der Waals surface area contributed by atoms with Crippen LogP contribution in [-0.2, 0) is 0 Å². The van der Waals surface area contributed by atoms with Gasteiger partial charge in [-0.15, -0.1) is 0 Å². The summed E-state index contributed by atoms with van der Waals surface area (Å²) in [6.07, 6.45) is 0. The number of hydrogen-bond donors (Lipinski definition) is 0. The van der Waals surface area contributed by atoms with Crippen molar-refractivity contribution in [2.75, 3.05) is 0 Å². The van der Waals surface area contributed by atoms with Gasteiger partial charge in [0.2, 0.25) is 0 Å². The molecule has 2 aromatic heterocycles. The maximum Gasteiger partial charge on any atom is 0.187 e. The lowest BCUT2D eigenvalue weighted by atomic mass is 9.85. The molecule has 0 aliphatic carbocycles. The molecular weight excluding hydrogens is 1080 g/mol. The van der Waals surface area contributed by atoms with E-state index in [9.17, 15) is 5.26 Å². The summed E-state index contributed by atoms with van der Waals surface area (Å²) in [5.74, 6) is 0. The molecule has 0 spiro atoms. The van der Waals surface area contributed by atoms with E-state index in [1.807, 2.05) is 36.4 Å².